The van der Waals surface area contributed by atoms with Crippen molar-refractivity contribution in [2.24, 2.45) is 5.41 Å². The molecule has 0 bridgehead atoms. The molecule has 0 aliphatic carbocycles. The molecule has 0 radical (unpaired) electrons. The predicted molar refractivity (Wildman–Crippen MR) is 148 cm³/mol. The molecule has 0 spiro atoms. The summed E-state index contributed by atoms with van der Waals surface area (Å²) < 4.78 is 11.9. The second-order valence-electron chi connectivity index (χ2n) is 10.6. The van der Waals surface area contributed by atoms with Gasteiger partial charge in [-0.1, -0.05) is 39.0 Å². The lowest BCUT2D eigenvalue weighted by atomic mass is 9.91. The van der Waals surface area contributed by atoms with Crippen LogP contribution < -0.4 is 10.1 Å². The highest BCUT2D eigenvalue weighted by Crippen LogP contribution is 2.22. The molecule has 1 aromatic heterocycles. The van der Waals surface area contributed by atoms with Crippen molar-refractivity contribution in [3.05, 3.63) is 42.1 Å². The maximum Gasteiger partial charge on any atom is 0.527 e. The van der Waals surface area contributed by atoms with Crippen molar-refractivity contribution in [3.8, 4) is 11.6 Å². The first-order valence-corrected chi connectivity index (χ1v) is 13.6. The highest BCUT2D eigenvalue weighted by atomic mass is 16.8. The number of para-hydroxylation sites is 1. The number of amides is 2. The summed E-state index contributed by atoms with van der Waals surface area (Å²) in [6.45, 7) is 7.66. The van der Waals surface area contributed by atoms with Gasteiger partial charge in [0.25, 0.3) is 5.91 Å². The summed E-state index contributed by atoms with van der Waals surface area (Å²) >= 11 is 0. The Kier molecular flexibility index (Phi) is 11.0. The van der Waals surface area contributed by atoms with Gasteiger partial charge in [0, 0.05) is 31.0 Å². The maximum atomic E-state index is 13.4. The molecular formula is C28H37N5O9. The molecule has 2 amide bonds. The third-order valence-electron chi connectivity index (χ3n) is 6.36. The van der Waals surface area contributed by atoms with Crippen LogP contribution in [0.1, 0.15) is 51.0 Å². The number of piperazine rings is 1. The lowest BCUT2D eigenvalue weighted by Crippen LogP contribution is -2.55. The van der Waals surface area contributed by atoms with Crippen molar-refractivity contribution < 1.29 is 43.4 Å². The lowest BCUT2D eigenvalue weighted by Gasteiger charge is -2.35. The number of hydrogen-bond donors (Lipinski definition) is 2. The van der Waals surface area contributed by atoms with E-state index >= 15 is 0 Å². The monoisotopic (exact) mass is 587 g/mol. The van der Waals surface area contributed by atoms with E-state index in [0.717, 1.165) is 0 Å². The Morgan fingerprint density at radius 1 is 1.05 bits per heavy atom. The standard InChI is InChI=1S/C28H37N5O9/c1-5-40-27(39)42-32-15-13-31(14-16-32)26(38)20(11-12-24(35)36)29-25(37)21-17-23(41-18-22(34)28(2,3)4)33(30-21)19-9-7-6-8-10-19/h6-10,17,20H,5,11-16,18H2,1-4H3,(H,29,37)(H,35,36)/t20-/m0/s1. The van der Waals surface area contributed by atoms with E-state index in [2.05, 4.69) is 10.4 Å². The number of Topliss-reactive ketones (excluding diaryl/α,β-unsaturated/α-hetero) is 1. The molecule has 1 fully saturated rings. The van der Waals surface area contributed by atoms with Gasteiger partial charge in [-0.15, -0.1) is 5.06 Å². The van der Waals surface area contributed by atoms with E-state index in [0.29, 0.717) is 5.69 Å². The summed E-state index contributed by atoms with van der Waals surface area (Å²) in [6.07, 6.45) is -1.35. The van der Waals surface area contributed by atoms with Gasteiger partial charge in [0.05, 0.1) is 25.4 Å². The number of nitrogens with zero attached hydrogens (tertiary/aromatic N) is 4. The number of ether oxygens (including phenoxy) is 2. The van der Waals surface area contributed by atoms with E-state index < -0.39 is 35.4 Å². The Hall–Kier alpha value is -4.46. The van der Waals surface area contributed by atoms with Gasteiger partial charge in [-0.3, -0.25) is 19.2 Å². The number of nitrogens with one attached hydrogen (secondary N) is 1. The van der Waals surface area contributed by atoms with Crippen molar-refractivity contribution in [2.45, 2.75) is 46.6 Å². The summed E-state index contributed by atoms with van der Waals surface area (Å²) in [4.78, 5) is 68.5. The highest BCUT2D eigenvalue weighted by Gasteiger charge is 2.31. The molecule has 0 unspecified atom stereocenters. The summed E-state index contributed by atoms with van der Waals surface area (Å²) in [6, 6.07) is 9.07. The minimum absolute atomic E-state index is 0.0853. The number of benzene rings is 1. The molecule has 2 heterocycles. The number of hydroxylamine groups is 2. The Labute approximate surface area is 243 Å². The summed E-state index contributed by atoms with van der Waals surface area (Å²) in [7, 11) is 0. The first-order valence-electron chi connectivity index (χ1n) is 13.6. The van der Waals surface area contributed by atoms with Crippen LogP contribution in [0.2, 0.25) is 0 Å². The van der Waals surface area contributed by atoms with Crippen LogP contribution in [0, 0.1) is 5.41 Å². The normalized spacial score (nSPS) is 14.5. The number of carbonyl (C=O) groups is 5. The Bertz CT molecular complexity index is 1260. The number of aliphatic carboxylic acids is 1. The van der Waals surface area contributed by atoms with Crippen molar-refractivity contribution in [2.75, 3.05) is 39.4 Å². The molecular weight excluding hydrogens is 550 g/mol. The summed E-state index contributed by atoms with van der Waals surface area (Å²) in [5, 5.41) is 17.6. The van der Waals surface area contributed by atoms with Gasteiger partial charge in [-0.05, 0) is 25.5 Å². The Morgan fingerprint density at radius 3 is 2.31 bits per heavy atom. The first-order chi connectivity index (χ1) is 19.9. The van der Waals surface area contributed by atoms with Gasteiger partial charge in [0.15, 0.2) is 11.5 Å². The maximum absolute atomic E-state index is 13.4. The zero-order chi connectivity index (χ0) is 30.9. The second-order valence-corrected chi connectivity index (χ2v) is 10.6. The third-order valence-corrected chi connectivity index (χ3v) is 6.36. The van der Waals surface area contributed by atoms with Crippen LogP contribution >= 0.6 is 0 Å². The fraction of sp³-hybridized carbons (Fsp3) is 0.500. The largest absolute Gasteiger partial charge is 0.527 e. The zero-order valence-electron chi connectivity index (χ0n) is 24.2. The molecule has 42 heavy (non-hydrogen) atoms. The number of carbonyl (C=O) groups excluding carboxylic acids is 4. The highest BCUT2D eigenvalue weighted by molar-refractivity contribution is 5.96. The number of aromatic nitrogens is 2. The first kappa shape index (κ1) is 32.1. The van der Waals surface area contributed by atoms with E-state index in [1.165, 1.54) is 20.7 Å². The molecule has 1 atom stereocenters. The van der Waals surface area contributed by atoms with E-state index in [-0.39, 0.29) is 69.6 Å². The summed E-state index contributed by atoms with van der Waals surface area (Å²) in [5.41, 5.74) is -0.139. The van der Waals surface area contributed by atoms with Gasteiger partial charge < -0.3 is 29.6 Å². The van der Waals surface area contributed by atoms with Gasteiger partial charge in [-0.2, -0.15) is 5.10 Å². The van der Waals surface area contributed by atoms with E-state index in [1.807, 2.05) is 6.07 Å². The van der Waals surface area contributed by atoms with Crippen molar-refractivity contribution in [3.63, 3.8) is 0 Å². The number of ketones is 1. The van der Waals surface area contributed by atoms with Crippen LogP contribution in [0.15, 0.2) is 36.4 Å². The molecule has 1 aromatic carbocycles. The van der Waals surface area contributed by atoms with Crippen LogP contribution in [0.4, 0.5) is 4.79 Å². The van der Waals surface area contributed by atoms with Crippen LogP contribution in [0.5, 0.6) is 5.88 Å². The number of hydrogen-bond acceptors (Lipinski definition) is 10. The molecule has 2 aromatic rings. The smallest absolute Gasteiger partial charge is 0.481 e. The quantitative estimate of drug-likeness (QED) is 0.349. The molecule has 14 nitrogen and oxygen atoms in total. The van der Waals surface area contributed by atoms with Gasteiger partial charge >= 0.3 is 12.1 Å². The van der Waals surface area contributed by atoms with Crippen LogP contribution in [0.25, 0.3) is 5.69 Å². The predicted octanol–water partition coefficient (Wildman–Crippen LogP) is 2.06. The van der Waals surface area contributed by atoms with E-state index in [4.69, 9.17) is 14.3 Å². The zero-order valence-corrected chi connectivity index (χ0v) is 24.2. The van der Waals surface area contributed by atoms with Crippen molar-refractivity contribution in [1.29, 1.82) is 0 Å². The molecule has 1 saturated heterocycles. The van der Waals surface area contributed by atoms with Crippen molar-refractivity contribution >= 4 is 29.7 Å². The fourth-order valence-electron chi connectivity index (χ4n) is 3.92. The molecule has 2 N–H and O–H groups in total. The van der Waals surface area contributed by atoms with Crippen LogP contribution in [-0.2, 0) is 24.0 Å². The SMILES string of the molecule is CCOC(=O)ON1CCN(C(=O)[C@H](CCC(=O)O)NC(=O)c2cc(OCC(=O)C(C)(C)C)n(-c3ccccc3)n2)CC1. The third kappa shape index (κ3) is 9.03. The number of carboxylic acid groups (broad SMARTS) is 1. The Balaban J connectivity index is 1.76. The second kappa shape index (κ2) is 14.4. The van der Waals surface area contributed by atoms with Gasteiger partial charge in [0.1, 0.15) is 12.6 Å². The minimum atomic E-state index is -1.15. The van der Waals surface area contributed by atoms with Gasteiger partial charge in [-0.25, -0.2) is 9.48 Å². The average molecular weight is 588 g/mol. The molecule has 3 rings (SSSR count). The number of rotatable bonds is 12. The van der Waals surface area contributed by atoms with E-state index in [1.54, 1.807) is 52.0 Å². The molecule has 228 valence electrons. The molecule has 0 saturated carbocycles. The van der Waals surface area contributed by atoms with Gasteiger partial charge in [0.2, 0.25) is 11.8 Å². The molecule has 1 aliphatic rings. The molecule has 1 aliphatic heterocycles. The lowest BCUT2D eigenvalue weighted by molar-refractivity contribution is -0.157. The molecule has 14 heteroatoms. The van der Waals surface area contributed by atoms with Crippen LogP contribution in [0.3, 0.4) is 0 Å². The Morgan fingerprint density at radius 2 is 1.71 bits per heavy atom. The number of carboxylic acids is 1. The summed E-state index contributed by atoms with van der Waals surface area (Å²) in [5.74, 6) is -2.32. The topological polar surface area (TPSA) is 170 Å². The van der Waals surface area contributed by atoms with E-state index in [9.17, 15) is 29.1 Å². The fourth-order valence-corrected chi connectivity index (χ4v) is 3.92. The van der Waals surface area contributed by atoms with Crippen molar-refractivity contribution in [1.82, 2.24) is 25.1 Å². The van der Waals surface area contributed by atoms with Crippen LogP contribution in [-0.4, -0.2) is 100 Å². The minimum Gasteiger partial charge on any atom is -0.481 e. The average Bonchev–Trinajstić information content (AvgIpc) is 3.38.